The van der Waals surface area contributed by atoms with E-state index in [1.54, 1.807) is 23.9 Å². The second-order valence-electron chi connectivity index (χ2n) is 5.56. The molecule has 0 unspecified atom stereocenters. The Morgan fingerprint density at radius 2 is 2.12 bits per heavy atom. The molecule has 0 aliphatic rings. The van der Waals surface area contributed by atoms with Gasteiger partial charge in [-0.25, -0.2) is 9.78 Å². The van der Waals surface area contributed by atoms with E-state index in [2.05, 4.69) is 46.8 Å². The minimum absolute atomic E-state index is 0.140. The van der Waals surface area contributed by atoms with Crippen LogP contribution in [0, 0.1) is 6.92 Å². The van der Waals surface area contributed by atoms with E-state index in [0.29, 0.717) is 13.1 Å². The van der Waals surface area contributed by atoms with Crippen molar-refractivity contribution in [1.29, 1.82) is 0 Å². The van der Waals surface area contributed by atoms with Crippen LogP contribution in [0.1, 0.15) is 22.0 Å². The lowest BCUT2D eigenvalue weighted by atomic mass is 10.0. The lowest BCUT2D eigenvalue weighted by Gasteiger charge is -2.19. The highest BCUT2D eigenvalue weighted by molar-refractivity contribution is 7.10. The lowest BCUT2D eigenvalue weighted by Crippen LogP contribution is -2.39. The molecular formula is C18H20N4OS. The number of imidazole rings is 1. The van der Waals surface area contributed by atoms with Crippen molar-refractivity contribution >= 4 is 17.4 Å². The van der Waals surface area contributed by atoms with Gasteiger partial charge in [0.15, 0.2) is 0 Å². The predicted molar refractivity (Wildman–Crippen MR) is 96.1 cm³/mol. The zero-order valence-electron chi connectivity index (χ0n) is 13.5. The molecule has 2 N–H and O–H groups in total. The minimum atomic E-state index is -0.172. The van der Waals surface area contributed by atoms with E-state index in [4.69, 9.17) is 0 Å². The first kappa shape index (κ1) is 16.3. The highest BCUT2D eigenvalue weighted by Gasteiger charge is 2.17. The number of urea groups is 1. The fraction of sp³-hybridized carbons (Fsp3) is 0.222. The summed E-state index contributed by atoms with van der Waals surface area (Å²) in [6, 6.07) is 12.0. The Morgan fingerprint density at radius 1 is 1.29 bits per heavy atom. The summed E-state index contributed by atoms with van der Waals surface area (Å²) >= 11 is 1.64. The third-order valence-corrected chi connectivity index (χ3v) is 4.67. The maximum absolute atomic E-state index is 12.3. The number of benzene rings is 1. The summed E-state index contributed by atoms with van der Waals surface area (Å²) in [7, 11) is 0. The monoisotopic (exact) mass is 340 g/mol. The summed E-state index contributed by atoms with van der Waals surface area (Å²) in [6.45, 7) is 3.30. The van der Waals surface area contributed by atoms with Crippen molar-refractivity contribution < 1.29 is 4.79 Å². The molecule has 0 fully saturated rings. The third kappa shape index (κ3) is 4.23. The van der Waals surface area contributed by atoms with Crippen LogP contribution in [-0.2, 0) is 6.54 Å². The molecule has 0 saturated heterocycles. The number of nitrogens with one attached hydrogen (secondary N) is 2. The molecule has 0 saturated carbocycles. The van der Waals surface area contributed by atoms with Crippen molar-refractivity contribution in [3.8, 4) is 0 Å². The van der Waals surface area contributed by atoms with Crippen molar-refractivity contribution in [2.24, 2.45) is 0 Å². The molecule has 3 aromatic rings. The van der Waals surface area contributed by atoms with Crippen LogP contribution >= 0.6 is 11.3 Å². The van der Waals surface area contributed by atoms with Crippen LogP contribution in [0.15, 0.2) is 60.5 Å². The number of aromatic nitrogens is 2. The van der Waals surface area contributed by atoms with Gasteiger partial charge < -0.3 is 15.2 Å². The molecule has 5 nitrogen and oxygen atoms in total. The Bertz CT molecular complexity index is 751. The largest absolute Gasteiger partial charge is 0.336 e. The van der Waals surface area contributed by atoms with Crippen LogP contribution in [0.25, 0.3) is 0 Å². The first-order valence-corrected chi connectivity index (χ1v) is 8.70. The molecule has 2 heterocycles. The van der Waals surface area contributed by atoms with Gasteiger partial charge in [0.05, 0.1) is 12.4 Å². The first-order chi connectivity index (χ1) is 11.7. The molecule has 0 bridgehead atoms. The van der Waals surface area contributed by atoms with Gasteiger partial charge in [0.2, 0.25) is 0 Å². The first-order valence-electron chi connectivity index (χ1n) is 7.82. The average molecular weight is 340 g/mol. The van der Waals surface area contributed by atoms with Crippen molar-refractivity contribution in [2.75, 3.05) is 6.54 Å². The number of amides is 2. The van der Waals surface area contributed by atoms with Gasteiger partial charge in [-0.15, -0.1) is 11.3 Å². The maximum atomic E-state index is 12.3. The molecule has 0 aliphatic carbocycles. The molecule has 1 atom stereocenters. The predicted octanol–water partition coefficient (Wildman–Crippen LogP) is 3.34. The van der Waals surface area contributed by atoms with E-state index in [1.807, 2.05) is 28.3 Å². The Balaban J connectivity index is 1.63. The lowest BCUT2D eigenvalue weighted by molar-refractivity contribution is 0.238. The molecule has 6 heteroatoms. The standard InChI is InChI=1S/C18H20N4OS/c1-14-4-6-15(7-5-14)17(16-3-2-12-24-16)21-18(23)20-9-11-22-10-8-19-13-22/h2-8,10,12-13,17H,9,11H2,1H3,(H2,20,21,23)/t17-/m1/s1. The molecule has 1 aromatic carbocycles. The normalized spacial score (nSPS) is 11.9. The van der Waals surface area contributed by atoms with E-state index in [9.17, 15) is 4.79 Å². The van der Waals surface area contributed by atoms with Gasteiger partial charge in [-0.3, -0.25) is 0 Å². The zero-order valence-corrected chi connectivity index (χ0v) is 14.3. The fourth-order valence-electron chi connectivity index (χ4n) is 2.43. The fourth-order valence-corrected chi connectivity index (χ4v) is 3.24. The van der Waals surface area contributed by atoms with Crippen LogP contribution in [0.4, 0.5) is 4.79 Å². The third-order valence-electron chi connectivity index (χ3n) is 3.73. The van der Waals surface area contributed by atoms with E-state index in [0.717, 1.165) is 10.4 Å². The van der Waals surface area contributed by atoms with E-state index < -0.39 is 0 Å². The van der Waals surface area contributed by atoms with Gasteiger partial charge in [0.25, 0.3) is 0 Å². The average Bonchev–Trinajstić information content (AvgIpc) is 3.27. The number of thiophene rings is 1. The molecule has 0 radical (unpaired) electrons. The summed E-state index contributed by atoms with van der Waals surface area (Å²) in [5.41, 5.74) is 2.28. The van der Waals surface area contributed by atoms with Gasteiger partial charge in [0, 0.05) is 30.4 Å². The molecule has 3 rings (SSSR count). The van der Waals surface area contributed by atoms with Crippen LogP contribution < -0.4 is 10.6 Å². The molecule has 0 aliphatic heterocycles. The number of carbonyl (C=O) groups is 1. The Hall–Kier alpha value is -2.60. The summed E-state index contributed by atoms with van der Waals surface area (Å²) in [6.07, 6.45) is 5.34. The van der Waals surface area contributed by atoms with Crippen LogP contribution in [0.3, 0.4) is 0 Å². The second-order valence-corrected chi connectivity index (χ2v) is 6.54. The molecule has 0 spiro atoms. The van der Waals surface area contributed by atoms with Gasteiger partial charge in [0.1, 0.15) is 0 Å². The summed E-state index contributed by atoms with van der Waals surface area (Å²) in [4.78, 5) is 17.4. The van der Waals surface area contributed by atoms with Crippen molar-refractivity contribution in [3.05, 3.63) is 76.5 Å². The molecule has 124 valence electrons. The van der Waals surface area contributed by atoms with Gasteiger partial charge in [-0.2, -0.15) is 0 Å². The number of rotatable bonds is 6. The number of hydrogen-bond donors (Lipinski definition) is 2. The van der Waals surface area contributed by atoms with Crippen LogP contribution in [0.5, 0.6) is 0 Å². The summed E-state index contributed by atoms with van der Waals surface area (Å²) in [5.74, 6) is 0. The number of nitrogens with zero attached hydrogens (tertiary/aromatic N) is 2. The molecule has 2 aromatic heterocycles. The molecule has 24 heavy (non-hydrogen) atoms. The number of aryl methyl sites for hydroxylation is 1. The topological polar surface area (TPSA) is 59.0 Å². The van der Waals surface area contributed by atoms with Crippen molar-refractivity contribution in [2.45, 2.75) is 19.5 Å². The second kappa shape index (κ2) is 7.79. The highest BCUT2D eigenvalue weighted by Crippen LogP contribution is 2.26. The minimum Gasteiger partial charge on any atom is -0.336 e. The Labute approximate surface area is 145 Å². The number of hydrogen-bond acceptors (Lipinski definition) is 3. The Morgan fingerprint density at radius 3 is 2.79 bits per heavy atom. The van der Waals surface area contributed by atoms with Crippen LogP contribution in [0.2, 0.25) is 0 Å². The number of carbonyl (C=O) groups excluding carboxylic acids is 1. The zero-order chi connectivity index (χ0) is 16.8. The van der Waals surface area contributed by atoms with Crippen LogP contribution in [-0.4, -0.2) is 22.1 Å². The molecule has 2 amide bonds. The summed E-state index contributed by atoms with van der Waals surface area (Å²) in [5, 5.41) is 7.99. The highest BCUT2D eigenvalue weighted by atomic mass is 32.1. The quantitative estimate of drug-likeness (QED) is 0.723. The van der Waals surface area contributed by atoms with E-state index >= 15 is 0 Å². The van der Waals surface area contributed by atoms with Gasteiger partial charge >= 0.3 is 6.03 Å². The van der Waals surface area contributed by atoms with Gasteiger partial charge in [-0.1, -0.05) is 35.9 Å². The molecular weight excluding hydrogens is 320 g/mol. The van der Waals surface area contributed by atoms with Crippen molar-refractivity contribution in [1.82, 2.24) is 20.2 Å². The maximum Gasteiger partial charge on any atom is 0.315 e. The SMILES string of the molecule is Cc1ccc([C@@H](NC(=O)NCCn2ccnc2)c2cccs2)cc1. The van der Waals surface area contributed by atoms with E-state index in [-0.39, 0.29) is 12.1 Å². The Kier molecular flexibility index (Phi) is 5.28. The van der Waals surface area contributed by atoms with Crippen molar-refractivity contribution in [3.63, 3.8) is 0 Å². The van der Waals surface area contributed by atoms with Gasteiger partial charge in [-0.05, 0) is 23.9 Å². The summed E-state index contributed by atoms with van der Waals surface area (Å²) < 4.78 is 1.93. The smallest absolute Gasteiger partial charge is 0.315 e. The van der Waals surface area contributed by atoms with E-state index in [1.165, 1.54) is 5.56 Å².